The van der Waals surface area contributed by atoms with Gasteiger partial charge >= 0.3 is 0 Å². The standard InChI is InChI=1S/C17H19ClFN/c1-4-20-10-14-6-5-13(9-15(14)18)17-12(3)7-11(2)8-16(17)19/h5-9,20H,4,10H2,1-3H3. The van der Waals surface area contributed by atoms with Crippen molar-refractivity contribution in [3.63, 3.8) is 0 Å². The van der Waals surface area contributed by atoms with E-state index in [1.165, 1.54) is 0 Å². The molecule has 2 aromatic carbocycles. The molecule has 0 heterocycles. The minimum atomic E-state index is -0.196. The summed E-state index contributed by atoms with van der Waals surface area (Å²) >= 11 is 6.29. The largest absolute Gasteiger partial charge is 0.313 e. The number of hydrogen-bond acceptors (Lipinski definition) is 1. The highest BCUT2D eigenvalue weighted by atomic mass is 35.5. The molecule has 0 aliphatic rings. The van der Waals surface area contributed by atoms with Gasteiger partial charge in [-0.1, -0.05) is 36.7 Å². The molecule has 1 nitrogen and oxygen atoms in total. The molecule has 0 saturated heterocycles. The van der Waals surface area contributed by atoms with Crippen LogP contribution < -0.4 is 5.32 Å². The van der Waals surface area contributed by atoms with E-state index in [0.717, 1.165) is 35.3 Å². The highest BCUT2D eigenvalue weighted by Gasteiger charge is 2.11. The van der Waals surface area contributed by atoms with Gasteiger partial charge < -0.3 is 5.32 Å². The zero-order valence-electron chi connectivity index (χ0n) is 12.1. The number of halogens is 2. The van der Waals surface area contributed by atoms with Crippen LogP contribution in [0.1, 0.15) is 23.6 Å². The summed E-state index contributed by atoms with van der Waals surface area (Å²) in [6, 6.07) is 9.27. The second-order valence-electron chi connectivity index (χ2n) is 5.03. The molecule has 20 heavy (non-hydrogen) atoms. The Kier molecular flexibility index (Phi) is 4.79. The lowest BCUT2D eigenvalue weighted by Gasteiger charge is -2.12. The third kappa shape index (κ3) is 3.20. The van der Waals surface area contributed by atoms with Gasteiger partial charge in [-0.2, -0.15) is 0 Å². The van der Waals surface area contributed by atoms with Crippen molar-refractivity contribution < 1.29 is 4.39 Å². The van der Waals surface area contributed by atoms with E-state index in [1.807, 2.05) is 45.0 Å². The predicted octanol–water partition coefficient (Wildman–Crippen LogP) is 4.87. The topological polar surface area (TPSA) is 12.0 Å². The molecule has 0 spiro atoms. The molecule has 2 aromatic rings. The van der Waals surface area contributed by atoms with E-state index in [4.69, 9.17) is 11.6 Å². The summed E-state index contributed by atoms with van der Waals surface area (Å²) < 4.78 is 14.2. The minimum absolute atomic E-state index is 0.196. The quantitative estimate of drug-likeness (QED) is 0.847. The van der Waals surface area contributed by atoms with Crippen molar-refractivity contribution in [3.05, 3.63) is 57.9 Å². The normalized spacial score (nSPS) is 10.8. The van der Waals surface area contributed by atoms with Gasteiger partial charge in [0.25, 0.3) is 0 Å². The molecule has 1 N–H and O–H groups in total. The smallest absolute Gasteiger partial charge is 0.131 e. The zero-order chi connectivity index (χ0) is 14.7. The fraction of sp³-hybridized carbons (Fsp3) is 0.294. The molecule has 0 unspecified atom stereocenters. The maximum Gasteiger partial charge on any atom is 0.131 e. The average Bonchev–Trinajstić information content (AvgIpc) is 2.36. The van der Waals surface area contributed by atoms with Crippen LogP contribution in [0.3, 0.4) is 0 Å². The van der Waals surface area contributed by atoms with Crippen molar-refractivity contribution in [2.75, 3.05) is 6.54 Å². The fourth-order valence-electron chi connectivity index (χ4n) is 2.39. The lowest BCUT2D eigenvalue weighted by Crippen LogP contribution is -2.11. The Bertz CT molecular complexity index is 599. The van der Waals surface area contributed by atoms with Crippen molar-refractivity contribution in [2.45, 2.75) is 27.3 Å². The second-order valence-corrected chi connectivity index (χ2v) is 5.43. The molecule has 0 fully saturated rings. The Balaban J connectivity index is 2.42. The Labute approximate surface area is 124 Å². The van der Waals surface area contributed by atoms with Crippen LogP contribution in [0.25, 0.3) is 11.1 Å². The molecule has 0 radical (unpaired) electrons. The first-order valence-corrected chi connectivity index (χ1v) is 7.17. The van der Waals surface area contributed by atoms with E-state index in [9.17, 15) is 4.39 Å². The molecule has 0 saturated carbocycles. The van der Waals surface area contributed by atoms with Crippen LogP contribution in [0.4, 0.5) is 4.39 Å². The van der Waals surface area contributed by atoms with Crippen LogP contribution in [0.5, 0.6) is 0 Å². The molecule has 0 amide bonds. The van der Waals surface area contributed by atoms with Crippen molar-refractivity contribution in [1.82, 2.24) is 5.32 Å². The van der Waals surface area contributed by atoms with Crippen LogP contribution in [-0.2, 0) is 6.54 Å². The first-order valence-electron chi connectivity index (χ1n) is 6.79. The Hall–Kier alpha value is -1.38. The van der Waals surface area contributed by atoms with Crippen LogP contribution in [0.2, 0.25) is 5.02 Å². The SMILES string of the molecule is CCNCc1ccc(-c2c(C)cc(C)cc2F)cc1Cl. The third-order valence-corrected chi connectivity index (χ3v) is 3.69. The number of rotatable bonds is 4. The maximum atomic E-state index is 14.2. The van der Waals surface area contributed by atoms with Gasteiger partial charge in [-0.3, -0.25) is 0 Å². The zero-order valence-corrected chi connectivity index (χ0v) is 12.8. The number of benzene rings is 2. The molecule has 0 bridgehead atoms. The van der Waals surface area contributed by atoms with Gasteiger partial charge in [0.05, 0.1) is 0 Å². The fourth-order valence-corrected chi connectivity index (χ4v) is 2.63. The summed E-state index contributed by atoms with van der Waals surface area (Å²) in [7, 11) is 0. The summed E-state index contributed by atoms with van der Waals surface area (Å²) in [5.74, 6) is -0.196. The van der Waals surface area contributed by atoms with Gasteiger partial charge in [-0.25, -0.2) is 4.39 Å². The van der Waals surface area contributed by atoms with Gasteiger partial charge in [0.15, 0.2) is 0 Å². The van der Waals surface area contributed by atoms with Crippen molar-refractivity contribution >= 4 is 11.6 Å². The van der Waals surface area contributed by atoms with E-state index in [0.29, 0.717) is 10.6 Å². The molecule has 3 heteroatoms. The lowest BCUT2D eigenvalue weighted by molar-refractivity contribution is 0.629. The first-order chi connectivity index (χ1) is 9.52. The molecule has 0 aromatic heterocycles. The van der Waals surface area contributed by atoms with Crippen molar-refractivity contribution in [1.29, 1.82) is 0 Å². The van der Waals surface area contributed by atoms with Crippen LogP contribution in [0.15, 0.2) is 30.3 Å². The number of nitrogens with one attached hydrogen (secondary N) is 1. The van der Waals surface area contributed by atoms with Crippen LogP contribution in [0, 0.1) is 19.7 Å². The van der Waals surface area contributed by atoms with Gasteiger partial charge in [-0.15, -0.1) is 0 Å². The number of hydrogen-bond donors (Lipinski definition) is 1. The van der Waals surface area contributed by atoms with E-state index < -0.39 is 0 Å². The summed E-state index contributed by atoms with van der Waals surface area (Å²) in [6.07, 6.45) is 0. The molecule has 2 rings (SSSR count). The van der Waals surface area contributed by atoms with E-state index in [2.05, 4.69) is 5.32 Å². The average molecular weight is 292 g/mol. The van der Waals surface area contributed by atoms with Gasteiger partial charge in [0.1, 0.15) is 5.82 Å². The van der Waals surface area contributed by atoms with Gasteiger partial charge in [-0.05, 0) is 54.8 Å². The lowest BCUT2D eigenvalue weighted by atomic mass is 9.97. The highest BCUT2D eigenvalue weighted by Crippen LogP contribution is 2.31. The van der Waals surface area contributed by atoms with E-state index in [1.54, 1.807) is 6.07 Å². The summed E-state index contributed by atoms with van der Waals surface area (Å²) in [5, 5.41) is 3.91. The molecule has 0 atom stereocenters. The van der Waals surface area contributed by atoms with Gasteiger partial charge in [0.2, 0.25) is 0 Å². The minimum Gasteiger partial charge on any atom is -0.313 e. The monoisotopic (exact) mass is 291 g/mol. The maximum absolute atomic E-state index is 14.2. The van der Waals surface area contributed by atoms with Crippen LogP contribution in [-0.4, -0.2) is 6.54 Å². The highest BCUT2D eigenvalue weighted by molar-refractivity contribution is 6.31. The van der Waals surface area contributed by atoms with E-state index in [-0.39, 0.29) is 5.82 Å². The summed E-state index contributed by atoms with van der Waals surface area (Å²) in [4.78, 5) is 0. The molecular weight excluding hydrogens is 273 g/mol. The predicted molar refractivity (Wildman–Crippen MR) is 83.7 cm³/mol. The van der Waals surface area contributed by atoms with E-state index >= 15 is 0 Å². The van der Waals surface area contributed by atoms with Gasteiger partial charge in [0, 0.05) is 17.1 Å². The first kappa shape index (κ1) is 15.0. The molecule has 106 valence electrons. The molecular formula is C17H19ClFN. The molecule has 0 aliphatic heterocycles. The van der Waals surface area contributed by atoms with Crippen molar-refractivity contribution in [2.24, 2.45) is 0 Å². The third-order valence-electron chi connectivity index (χ3n) is 3.34. The Morgan fingerprint density at radius 2 is 1.90 bits per heavy atom. The Morgan fingerprint density at radius 1 is 1.15 bits per heavy atom. The second kappa shape index (κ2) is 6.38. The number of aryl methyl sites for hydroxylation is 2. The van der Waals surface area contributed by atoms with Crippen LogP contribution >= 0.6 is 11.6 Å². The Morgan fingerprint density at radius 3 is 2.50 bits per heavy atom. The van der Waals surface area contributed by atoms with Crippen molar-refractivity contribution in [3.8, 4) is 11.1 Å². The summed E-state index contributed by atoms with van der Waals surface area (Å²) in [5.41, 5.74) is 4.34. The summed E-state index contributed by atoms with van der Waals surface area (Å²) in [6.45, 7) is 7.49. The molecule has 0 aliphatic carbocycles.